The molecule has 2 aromatic rings. The van der Waals surface area contributed by atoms with Crippen molar-refractivity contribution < 1.29 is 4.79 Å². The molecule has 1 aromatic carbocycles. The number of amidine groups is 3. The standard InChI is InChI=1S/C19H17N5OS2/c1-3-26-19-22-27-18-21-17(25)15(16(20)24(18)19)11-14-5-4-10-23(14)13-8-6-12(2)7-9-13/h4-11,20H,3H2,1-2H3/b15-11-,20-16?. The molecule has 1 aromatic heterocycles. The van der Waals surface area contributed by atoms with E-state index in [1.54, 1.807) is 11.0 Å². The van der Waals surface area contributed by atoms with Crippen LogP contribution in [0.2, 0.25) is 0 Å². The highest BCUT2D eigenvalue weighted by atomic mass is 32.2. The van der Waals surface area contributed by atoms with Gasteiger partial charge in [-0.3, -0.25) is 10.2 Å². The van der Waals surface area contributed by atoms with E-state index in [-0.39, 0.29) is 11.4 Å². The maximum atomic E-state index is 12.5. The van der Waals surface area contributed by atoms with Crippen molar-refractivity contribution in [2.45, 2.75) is 13.8 Å². The lowest BCUT2D eigenvalue weighted by Gasteiger charge is -2.24. The minimum absolute atomic E-state index is 0.117. The highest BCUT2D eigenvalue weighted by molar-refractivity contribution is 8.19. The molecule has 0 unspecified atom stereocenters. The molecule has 2 aliphatic rings. The number of amides is 1. The third kappa shape index (κ3) is 3.26. The van der Waals surface area contributed by atoms with Gasteiger partial charge < -0.3 is 4.57 Å². The summed E-state index contributed by atoms with van der Waals surface area (Å²) in [4.78, 5) is 18.3. The predicted molar refractivity (Wildman–Crippen MR) is 114 cm³/mol. The second-order valence-electron chi connectivity index (χ2n) is 5.98. The summed E-state index contributed by atoms with van der Waals surface area (Å²) in [6, 6.07) is 12.0. The van der Waals surface area contributed by atoms with E-state index < -0.39 is 5.91 Å². The summed E-state index contributed by atoms with van der Waals surface area (Å²) in [6.45, 7) is 4.07. The Kier molecular flexibility index (Phi) is 4.75. The van der Waals surface area contributed by atoms with Crippen molar-refractivity contribution >= 4 is 51.9 Å². The zero-order valence-corrected chi connectivity index (χ0v) is 16.5. The molecular formula is C19H17N5OS2. The molecule has 8 heteroatoms. The lowest BCUT2D eigenvalue weighted by atomic mass is 10.1. The highest BCUT2D eigenvalue weighted by Gasteiger charge is 2.37. The maximum absolute atomic E-state index is 12.5. The molecular weight excluding hydrogens is 378 g/mol. The average Bonchev–Trinajstić information content (AvgIpc) is 3.27. The van der Waals surface area contributed by atoms with Gasteiger partial charge in [0.25, 0.3) is 5.91 Å². The summed E-state index contributed by atoms with van der Waals surface area (Å²) in [6.07, 6.45) is 3.66. The Morgan fingerprint density at radius 2 is 2.04 bits per heavy atom. The first-order chi connectivity index (χ1) is 13.1. The van der Waals surface area contributed by atoms with Crippen LogP contribution in [0.15, 0.2) is 57.6 Å². The molecule has 0 fully saturated rings. The van der Waals surface area contributed by atoms with Gasteiger partial charge in [0, 0.05) is 17.6 Å². The zero-order chi connectivity index (χ0) is 19.0. The topological polar surface area (TPSA) is 73.8 Å². The number of carbonyl (C=O) groups excluding carboxylic acids is 1. The molecule has 1 N–H and O–H groups in total. The number of fused-ring (bicyclic) bond motifs is 1. The van der Waals surface area contributed by atoms with Gasteiger partial charge in [-0.1, -0.05) is 36.4 Å². The Balaban J connectivity index is 1.72. The molecule has 0 atom stereocenters. The summed E-state index contributed by atoms with van der Waals surface area (Å²) in [5.74, 6) is 0.541. The van der Waals surface area contributed by atoms with Gasteiger partial charge in [0.05, 0.1) is 17.5 Å². The van der Waals surface area contributed by atoms with E-state index in [0.717, 1.165) is 29.1 Å². The number of aliphatic imine (C=N–C) groups is 1. The molecule has 4 rings (SSSR count). The number of carbonyl (C=O) groups is 1. The second kappa shape index (κ2) is 7.21. The van der Waals surface area contributed by atoms with Gasteiger partial charge in [0.2, 0.25) is 5.17 Å². The lowest BCUT2D eigenvalue weighted by molar-refractivity contribution is -0.114. The number of nitrogens with one attached hydrogen (secondary N) is 1. The van der Waals surface area contributed by atoms with Gasteiger partial charge >= 0.3 is 0 Å². The Morgan fingerprint density at radius 3 is 2.78 bits per heavy atom. The van der Waals surface area contributed by atoms with Crippen LogP contribution < -0.4 is 0 Å². The van der Waals surface area contributed by atoms with Crippen molar-refractivity contribution in [1.29, 1.82) is 5.41 Å². The zero-order valence-electron chi connectivity index (χ0n) is 14.8. The van der Waals surface area contributed by atoms with Crippen LogP contribution in [-0.2, 0) is 4.79 Å². The van der Waals surface area contributed by atoms with Crippen LogP contribution in [0.3, 0.4) is 0 Å². The molecule has 0 saturated carbocycles. The Morgan fingerprint density at radius 1 is 1.26 bits per heavy atom. The molecule has 0 spiro atoms. The predicted octanol–water partition coefficient (Wildman–Crippen LogP) is 4.12. The molecule has 0 saturated heterocycles. The largest absolute Gasteiger partial charge is 0.317 e. The first kappa shape index (κ1) is 17.8. The number of nitrogens with zero attached hydrogens (tertiary/aromatic N) is 4. The first-order valence-electron chi connectivity index (χ1n) is 8.44. The molecule has 2 aliphatic heterocycles. The monoisotopic (exact) mass is 395 g/mol. The van der Waals surface area contributed by atoms with Crippen molar-refractivity contribution in [2.24, 2.45) is 9.39 Å². The number of aryl methyl sites for hydroxylation is 1. The fraction of sp³-hybridized carbons (Fsp3) is 0.158. The van der Waals surface area contributed by atoms with Gasteiger partial charge in [-0.05, 0) is 43.0 Å². The van der Waals surface area contributed by atoms with Crippen molar-refractivity contribution in [3.8, 4) is 5.69 Å². The summed E-state index contributed by atoms with van der Waals surface area (Å²) >= 11 is 2.67. The molecule has 0 radical (unpaired) electrons. The minimum Gasteiger partial charge on any atom is -0.317 e. The quantitative estimate of drug-likeness (QED) is 0.627. The van der Waals surface area contributed by atoms with Crippen molar-refractivity contribution in [3.05, 3.63) is 59.4 Å². The Hall–Kier alpha value is -2.58. The molecule has 136 valence electrons. The second-order valence-corrected chi connectivity index (χ2v) is 7.94. The molecule has 0 aliphatic carbocycles. The van der Waals surface area contributed by atoms with E-state index in [9.17, 15) is 4.79 Å². The SMILES string of the molecule is CCSC1=NSC2=NC(=O)/C(=C\c3cccn3-c3ccc(C)cc3)C(=N)N12. The van der Waals surface area contributed by atoms with Crippen molar-refractivity contribution in [2.75, 3.05) is 5.75 Å². The van der Waals surface area contributed by atoms with Crippen LogP contribution in [0, 0.1) is 12.3 Å². The summed E-state index contributed by atoms with van der Waals surface area (Å²) in [5.41, 5.74) is 3.26. The van der Waals surface area contributed by atoms with Gasteiger partial charge in [0.15, 0.2) is 5.17 Å². The maximum Gasteiger partial charge on any atom is 0.283 e. The van der Waals surface area contributed by atoms with E-state index in [2.05, 4.69) is 9.39 Å². The normalized spacial score (nSPS) is 18.0. The van der Waals surface area contributed by atoms with Crippen LogP contribution in [0.5, 0.6) is 0 Å². The number of benzene rings is 1. The Labute approximate surface area is 165 Å². The third-order valence-corrected chi connectivity index (χ3v) is 5.79. The highest BCUT2D eigenvalue weighted by Crippen LogP contribution is 2.32. The molecule has 0 bridgehead atoms. The fourth-order valence-corrected chi connectivity index (χ4v) is 4.39. The Bertz CT molecular complexity index is 1020. The van der Waals surface area contributed by atoms with Crippen LogP contribution in [0.1, 0.15) is 18.2 Å². The van der Waals surface area contributed by atoms with E-state index in [1.165, 1.54) is 17.3 Å². The number of aromatic nitrogens is 1. The van der Waals surface area contributed by atoms with Crippen molar-refractivity contribution in [1.82, 2.24) is 9.47 Å². The van der Waals surface area contributed by atoms with E-state index >= 15 is 0 Å². The van der Waals surface area contributed by atoms with E-state index in [4.69, 9.17) is 5.41 Å². The third-order valence-electron chi connectivity index (χ3n) is 4.15. The van der Waals surface area contributed by atoms with Crippen LogP contribution in [0.4, 0.5) is 0 Å². The summed E-state index contributed by atoms with van der Waals surface area (Å²) < 4.78 is 6.31. The summed E-state index contributed by atoms with van der Waals surface area (Å²) in [7, 11) is 0. The number of hydrogen-bond acceptors (Lipinski definition) is 5. The fourth-order valence-electron chi connectivity index (χ4n) is 2.82. The first-order valence-corrected chi connectivity index (χ1v) is 10.2. The molecule has 3 heterocycles. The number of hydrogen-bond donors (Lipinski definition) is 1. The average molecular weight is 396 g/mol. The minimum atomic E-state index is -0.409. The van der Waals surface area contributed by atoms with E-state index in [0.29, 0.717) is 10.3 Å². The van der Waals surface area contributed by atoms with Crippen LogP contribution >= 0.6 is 23.7 Å². The van der Waals surface area contributed by atoms with Gasteiger partial charge in [0.1, 0.15) is 5.84 Å². The van der Waals surface area contributed by atoms with E-state index in [1.807, 2.05) is 61.0 Å². The molecule has 6 nitrogen and oxygen atoms in total. The van der Waals surface area contributed by atoms with Gasteiger partial charge in [-0.2, -0.15) is 9.39 Å². The molecule has 27 heavy (non-hydrogen) atoms. The van der Waals surface area contributed by atoms with Crippen LogP contribution in [0.25, 0.3) is 11.8 Å². The molecule has 1 amide bonds. The van der Waals surface area contributed by atoms with Gasteiger partial charge in [-0.15, -0.1) is 0 Å². The summed E-state index contributed by atoms with van der Waals surface area (Å²) in [5, 5.41) is 9.70. The lowest BCUT2D eigenvalue weighted by Crippen LogP contribution is -2.41. The smallest absolute Gasteiger partial charge is 0.283 e. The van der Waals surface area contributed by atoms with Crippen molar-refractivity contribution in [3.63, 3.8) is 0 Å². The number of rotatable bonds is 3. The van der Waals surface area contributed by atoms with Gasteiger partial charge in [-0.25, -0.2) is 4.90 Å². The van der Waals surface area contributed by atoms with Crippen LogP contribution in [-0.4, -0.2) is 37.3 Å². The number of thioether (sulfide) groups is 1.